The van der Waals surface area contributed by atoms with Gasteiger partial charge in [-0.2, -0.15) is 0 Å². The largest absolute Gasteiger partial charge is 0.394 e. The normalized spacial score (nSPS) is 14.3. The van der Waals surface area contributed by atoms with E-state index in [0.717, 1.165) is 16.5 Å². The smallest absolute Gasteiger partial charge is 0.237 e. The van der Waals surface area contributed by atoms with Crippen LogP contribution >= 0.6 is 0 Å². The summed E-state index contributed by atoms with van der Waals surface area (Å²) in [5.41, 5.74) is 7.95. The number of carbonyl (C=O) groups excluding carboxylic acids is 1. The maximum absolute atomic E-state index is 11.8. The number of para-hydroxylation sites is 1. The van der Waals surface area contributed by atoms with Crippen molar-refractivity contribution in [3.05, 3.63) is 36.0 Å². The minimum atomic E-state index is -0.617. The molecular weight excluding hydrogens is 242 g/mol. The molecule has 1 amide bonds. The van der Waals surface area contributed by atoms with Gasteiger partial charge >= 0.3 is 0 Å². The maximum atomic E-state index is 11.8. The number of aromatic nitrogens is 1. The number of carbonyl (C=O) groups is 1. The molecule has 102 valence electrons. The van der Waals surface area contributed by atoms with Gasteiger partial charge in [0.15, 0.2) is 0 Å². The minimum absolute atomic E-state index is 0.0917. The van der Waals surface area contributed by atoms with Crippen molar-refractivity contribution < 1.29 is 9.90 Å². The highest BCUT2D eigenvalue weighted by atomic mass is 16.3. The van der Waals surface area contributed by atoms with E-state index in [1.165, 1.54) is 0 Å². The molecule has 0 aliphatic carbocycles. The molecule has 0 radical (unpaired) electrons. The molecule has 5 nitrogen and oxygen atoms in total. The van der Waals surface area contributed by atoms with Gasteiger partial charge in [0.25, 0.3) is 0 Å². The first-order valence-corrected chi connectivity index (χ1v) is 6.33. The van der Waals surface area contributed by atoms with Gasteiger partial charge in [-0.1, -0.05) is 18.2 Å². The van der Waals surface area contributed by atoms with Crippen LogP contribution in [0.2, 0.25) is 0 Å². The van der Waals surface area contributed by atoms with Crippen molar-refractivity contribution in [1.82, 2.24) is 10.3 Å². The number of rotatable bonds is 5. The van der Waals surface area contributed by atoms with Crippen molar-refractivity contribution in [1.29, 1.82) is 0 Å². The van der Waals surface area contributed by atoms with E-state index in [1.807, 2.05) is 30.5 Å². The van der Waals surface area contributed by atoms with Crippen LogP contribution in [0.3, 0.4) is 0 Å². The van der Waals surface area contributed by atoms with Gasteiger partial charge in [0.2, 0.25) is 5.91 Å². The Balaban J connectivity index is 2.06. The molecule has 2 rings (SSSR count). The van der Waals surface area contributed by atoms with Gasteiger partial charge in [-0.25, -0.2) is 0 Å². The molecule has 19 heavy (non-hydrogen) atoms. The minimum Gasteiger partial charge on any atom is -0.394 e. The van der Waals surface area contributed by atoms with E-state index in [-0.39, 0.29) is 18.6 Å². The first-order valence-electron chi connectivity index (χ1n) is 6.33. The summed E-state index contributed by atoms with van der Waals surface area (Å²) < 4.78 is 0. The molecule has 2 atom stereocenters. The number of hydrogen-bond donors (Lipinski definition) is 4. The fraction of sp³-hybridized carbons (Fsp3) is 0.357. The number of aliphatic hydroxyl groups excluding tert-OH is 1. The molecule has 0 fully saturated rings. The van der Waals surface area contributed by atoms with Gasteiger partial charge in [0.1, 0.15) is 0 Å². The van der Waals surface area contributed by atoms with Crippen molar-refractivity contribution in [2.24, 2.45) is 5.73 Å². The van der Waals surface area contributed by atoms with Crippen molar-refractivity contribution in [2.45, 2.75) is 25.4 Å². The van der Waals surface area contributed by atoms with E-state index >= 15 is 0 Å². The number of H-pyrrole nitrogens is 1. The molecule has 0 spiro atoms. The summed E-state index contributed by atoms with van der Waals surface area (Å²) in [5, 5.41) is 12.7. The summed E-state index contributed by atoms with van der Waals surface area (Å²) in [4.78, 5) is 15.0. The average molecular weight is 261 g/mol. The molecule has 1 heterocycles. The number of amides is 1. The quantitative estimate of drug-likeness (QED) is 0.633. The Morgan fingerprint density at radius 3 is 2.95 bits per heavy atom. The van der Waals surface area contributed by atoms with Crippen molar-refractivity contribution in [3.8, 4) is 0 Å². The topological polar surface area (TPSA) is 91.1 Å². The third-order valence-electron chi connectivity index (χ3n) is 3.11. The highest BCUT2D eigenvalue weighted by Gasteiger charge is 2.17. The number of nitrogens with two attached hydrogens (primary N) is 1. The highest BCUT2D eigenvalue weighted by Crippen LogP contribution is 2.18. The van der Waals surface area contributed by atoms with Crippen LogP contribution in [0.25, 0.3) is 10.9 Å². The second-order valence-electron chi connectivity index (χ2n) is 4.76. The average Bonchev–Trinajstić information content (AvgIpc) is 2.82. The SMILES string of the molecule is C[C@H](CO)NC(=O)C(N)Cc1c[nH]c2ccccc12. The second kappa shape index (κ2) is 5.86. The van der Waals surface area contributed by atoms with E-state index < -0.39 is 6.04 Å². The van der Waals surface area contributed by atoms with Crippen LogP contribution in [0.15, 0.2) is 30.5 Å². The Kier molecular flexibility index (Phi) is 4.19. The molecule has 0 saturated heterocycles. The number of hydrogen-bond acceptors (Lipinski definition) is 3. The van der Waals surface area contributed by atoms with Gasteiger partial charge in [0.05, 0.1) is 12.6 Å². The van der Waals surface area contributed by atoms with E-state index in [1.54, 1.807) is 6.92 Å². The van der Waals surface area contributed by atoms with Crippen LogP contribution in [-0.4, -0.2) is 34.7 Å². The molecular formula is C14H19N3O2. The van der Waals surface area contributed by atoms with Gasteiger partial charge < -0.3 is 21.1 Å². The summed E-state index contributed by atoms with van der Waals surface area (Å²) in [5.74, 6) is -0.244. The fourth-order valence-corrected chi connectivity index (χ4v) is 2.03. The number of fused-ring (bicyclic) bond motifs is 1. The molecule has 1 aromatic carbocycles. The third kappa shape index (κ3) is 3.13. The molecule has 0 saturated carbocycles. The maximum Gasteiger partial charge on any atom is 0.237 e. The third-order valence-corrected chi connectivity index (χ3v) is 3.11. The van der Waals surface area contributed by atoms with Gasteiger partial charge in [-0.15, -0.1) is 0 Å². The summed E-state index contributed by atoms with van der Waals surface area (Å²) in [6.07, 6.45) is 2.35. The lowest BCUT2D eigenvalue weighted by Gasteiger charge is -2.15. The van der Waals surface area contributed by atoms with Crippen LogP contribution in [-0.2, 0) is 11.2 Å². The van der Waals surface area contributed by atoms with Crippen LogP contribution < -0.4 is 11.1 Å². The summed E-state index contributed by atoms with van der Waals surface area (Å²) in [6.45, 7) is 1.64. The molecule has 0 aliphatic rings. The van der Waals surface area contributed by atoms with Crippen molar-refractivity contribution in [2.75, 3.05) is 6.61 Å². The Hall–Kier alpha value is -1.85. The van der Waals surface area contributed by atoms with Crippen LogP contribution in [0, 0.1) is 0 Å². The summed E-state index contributed by atoms with van der Waals surface area (Å²) in [7, 11) is 0. The Bertz CT molecular complexity index is 565. The van der Waals surface area contributed by atoms with Crippen molar-refractivity contribution in [3.63, 3.8) is 0 Å². The van der Waals surface area contributed by atoms with Gasteiger partial charge in [0, 0.05) is 23.1 Å². The van der Waals surface area contributed by atoms with Gasteiger partial charge in [-0.3, -0.25) is 4.79 Å². The van der Waals surface area contributed by atoms with E-state index in [0.29, 0.717) is 6.42 Å². The van der Waals surface area contributed by atoms with Gasteiger partial charge in [-0.05, 0) is 25.0 Å². The van der Waals surface area contributed by atoms with E-state index in [4.69, 9.17) is 10.8 Å². The lowest BCUT2D eigenvalue weighted by atomic mass is 10.0. The molecule has 1 unspecified atom stereocenters. The molecule has 0 aliphatic heterocycles. The summed E-state index contributed by atoms with van der Waals surface area (Å²) in [6, 6.07) is 7.01. The van der Waals surface area contributed by atoms with Crippen molar-refractivity contribution >= 4 is 16.8 Å². The Morgan fingerprint density at radius 2 is 2.21 bits per heavy atom. The van der Waals surface area contributed by atoms with Crippen LogP contribution in [0.1, 0.15) is 12.5 Å². The zero-order chi connectivity index (χ0) is 13.8. The second-order valence-corrected chi connectivity index (χ2v) is 4.76. The fourth-order valence-electron chi connectivity index (χ4n) is 2.03. The highest BCUT2D eigenvalue weighted by molar-refractivity contribution is 5.86. The number of aliphatic hydroxyl groups is 1. The first-order chi connectivity index (χ1) is 9.11. The molecule has 0 bridgehead atoms. The van der Waals surface area contributed by atoms with E-state index in [9.17, 15) is 4.79 Å². The monoisotopic (exact) mass is 261 g/mol. The number of benzene rings is 1. The standard InChI is InChI=1S/C14H19N3O2/c1-9(8-18)17-14(19)12(15)6-10-7-16-13-5-3-2-4-11(10)13/h2-5,7,9,12,16,18H,6,8,15H2,1H3,(H,17,19)/t9-,12?/m1/s1. The van der Waals surface area contributed by atoms with E-state index in [2.05, 4.69) is 10.3 Å². The predicted octanol–water partition coefficient (Wildman–Crippen LogP) is 0.535. The molecule has 2 aromatic rings. The van der Waals surface area contributed by atoms with Crippen LogP contribution in [0.5, 0.6) is 0 Å². The summed E-state index contributed by atoms with van der Waals surface area (Å²) >= 11 is 0. The van der Waals surface area contributed by atoms with Crippen LogP contribution in [0.4, 0.5) is 0 Å². The zero-order valence-corrected chi connectivity index (χ0v) is 10.9. The Labute approximate surface area is 111 Å². The first kappa shape index (κ1) is 13.6. The predicted molar refractivity (Wildman–Crippen MR) is 74.7 cm³/mol. The number of nitrogens with one attached hydrogen (secondary N) is 2. The molecule has 1 aromatic heterocycles. The Morgan fingerprint density at radius 1 is 1.47 bits per heavy atom. The zero-order valence-electron chi connectivity index (χ0n) is 10.9. The molecule has 5 heteroatoms. The molecule has 5 N–H and O–H groups in total. The number of aromatic amines is 1. The lowest BCUT2D eigenvalue weighted by Crippen LogP contribution is -2.46. The lowest BCUT2D eigenvalue weighted by molar-refractivity contribution is -0.123.